The molecule has 0 radical (unpaired) electrons. The van der Waals surface area contributed by atoms with Crippen molar-refractivity contribution in [3.05, 3.63) is 59.2 Å². The van der Waals surface area contributed by atoms with Crippen molar-refractivity contribution in [1.29, 1.82) is 0 Å². The zero-order valence-electron chi connectivity index (χ0n) is 18.7. The van der Waals surface area contributed by atoms with Gasteiger partial charge in [0, 0.05) is 10.3 Å². The molecular weight excluding hydrogens is 429 g/mol. The van der Waals surface area contributed by atoms with E-state index in [1.165, 1.54) is 11.8 Å². The number of hydrogen-bond donors (Lipinski definition) is 0. The van der Waals surface area contributed by atoms with Gasteiger partial charge >= 0.3 is 29.6 Å². The normalized spacial score (nSPS) is 14.4. The van der Waals surface area contributed by atoms with Crippen LogP contribution in [0.25, 0.3) is 31.6 Å². The molecular formula is C26H24NNaO3S. The molecule has 0 aliphatic heterocycles. The van der Waals surface area contributed by atoms with Crippen LogP contribution in [0.1, 0.15) is 53.6 Å². The fourth-order valence-corrected chi connectivity index (χ4v) is 5.77. The van der Waals surface area contributed by atoms with E-state index in [1.807, 2.05) is 31.2 Å². The Hall–Kier alpha value is -1.92. The summed E-state index contributed by atoms with van der Waals surface area (Å²) in [4.78, 5) is 18.1. The van der Waals surface area contributed by atoms with E-state index >= 15 is 0 Å². The van der Waals surface area contributed by atoms with Crippen LogP contribution in [0.15, 0.2) is 42.5 Å². The summed E-state index contributed by atoms with van der Waals surface area (Å²) in [7, 11) is 0. The second kappa shape index (κ2) is 9.52. The molecule has 4 aromatic rings. The summed E-state index contributed by atoms with van der Waals surface area (Å²) >= 11 is 1.64. The van der Waals surface area contributed by atoms with Gasteiger partial charge < -0.3 is 14.6 Å². The number of aromatic nitrogens is 1. The second-order valence-electron chi connectivity index (χ2n) is 8.38. The summed E-state index contributed by atoms with van der Waals surface area (Å²) in [5.74, 6) is -0.606. The molecule has 32 heavy (non-hydrogen) atoms. The third-order valence-corrected chi connectivity index (χ3v) is 7.56. The van der Waals surface area contributed by atoms with E-state index in [9.17, 15) is 9.90 Å². The maximum absolute atomic E-state index is 12.2. The fraction of sp³-hybridized carbons (Fsp3) is 0.308. The summed E-state index contributed by atoms with van der Waals surface area (Å²) in [5, 5.41) is 13.9. The minimum atomic E-state index is -1.20. The van der Waals surface area contributed by atoms with Gasteiger partial charge in [-0.1, -0.05) is 30.7 Å². The molecule has 1 aliphatic carbocycles. The number of carbonyl (C=O) groups is 1. The Bertz CT molecular complexity index is 1310. The predicted molar refractivity (Wildman–Crippen MR) is 124 cm³/mol. The number of hydrogen-bond acceptors (Lipinski definition) is 5. The Labute approximate surface area is 213 Å². The SMILES string of the molecule is Cc1c(-c2cc(C(=O)[O-])c3c(OC4CCCCC4)ccc(C)c3n2)sc2ccccc12.[Na+]. The Balaban J connectivity index is 0.00000245. The maximum Gasteiger partial charge on any atom is 1.00 e. The summed E-state index contributed by atoms with van der Waals surface area (Å²) < 4.78 is 7.47. The van der Waals surface area contributed by atoms with E-state index in [0.29, 0.717) is 22.3 Å². The monoisotopic (exact) mass is 453 g/mol. The van der Waals surface area contributed by atoms with Gasteiger partial charge in [-0.3, -0.25) is 0 Å². The first-order valence-electron chi connectivity index (χ1n) is 10.8. The van der Waals surface area contributed by atoms with Crippen LogP contribution in [0.3, 0.4) is 0 Å². The largest absolute Gasteiger partial charge is 1.00 e. The third-order valence-electron chi connectivity index (χ3n) is 6.27. The van der Waals surface area contributed by atoms with E-state index in [4.69, 9.17) is 9.72 Å². The molecule has 5 rings (SSSR count). The van der Waals surface area contributed by atoms with Crippen LogP contribution in [-0.4, -0.2) is 17.1 Å². The first-order valence-corrected chi connectivity index (χ1v) is 11.7. The van der Waals surface area contributed by atoms with Crippen LogP contribution >= 0.6 is 11.3 Å². The van der Waals surface area contributed by atoms with Gasteiger partial charge in [0.05, 0.1) is 33.5 Å². The van der Waals surface area contributed by atoms with Crippen molar-refractivity contribution in [3.63, 3.8) is 0 Å². The van der Waals surface area contributed by atoms with Gasteiger partial charge in [-0.15, -0.1) is 11.3 Å². The summed E-state index contributed by atoms with van der Waals surface area (Å²) in [6.07, 6.45) is 5.66. The molecule has 4 nitrogen and oxygen atoms in total. The molecule has 0 atom stereocenters. The van der Waals surface area contributed by atoms with Gasteiger partial charge in [0.15, 0.2) is 0 Å². The van der Waals surface area contributed by atoms with Crippen molar-refractivity contribution in [2.75, 3.05) is 0 Å². The molecule has 158 valence electrons. The van der Waals surface area contributed by atoms with E-state index in [0.717, 1.165) is 46.4 Å². The summed E-state index contributed by atoms with van der Waals surface area (Å²) in [6, 6.07) is 13.7. The molecule has 0 saturated heterocycles. The number of ether oxygens (including phenoxy) is 1. The van der Waals surface area contributed by atoms with Crippen molar-refractivity contribution >= 4 is 38.3 Å². The van der Waals surface area contributed by atoms with Crippen molar-refractivity contribution < 1.29 is 44.2 Å². The minimum absolute atomic E-state index is 0. The molecule has 0 spiro atoms. The van der Waals surface area contributed by atoms with Gasteiger partial charge in [-0.2, -0.15) is 0 Å². The minimum Gasteiger partial charge on any atom is -0.545 e. The molecule has 2 heterocycles. The fourth-order valence-electron chi connectivity index (χ4n) is 4.60. The Morgan fingerprint density at radius 2 is 1.84 bits per heavy atom. The number of carboxylic acid groups (broad SMARTS) is 1. The van der Waals surface area contributed by atoms with Crippen LogP contribution in [0, 0.1) is 13.8 Å². The molecule has 0 amide bonds. The van der Waals surface area contributed by atoms with E-state index in [-0.39, 0.29) is 41.2 Å². The average Bonchev–Trinajstić information content (AvgIpc) is 3.12. The van der Waals surface area contributed by atoms with Crippen molar-refractivity contribution in [1.82, 2.24) is 4.98 Å². The number of carboxylic acids is 1. The molecule has 6 heteroatoms. The number of thiophene rings is 1. The molecule has 2 aromatic heterocycles. The Kier molecular flexibility index (Phi) is 6.91. The topological polar surface area (TPSA) is 62.2 Å². The summed E-state index contributed by atoms with van der Waals surface area (Å²) in [6.45, 7) is 4.02. The third kappa shape index (κ3) is 4.19. The summed E-state index contributed by atoms with van der Waals surface area (Å²) in [5.41, 5.74) is 3.52. The maximum atomic E-state index is 12.2. The number of pyridine rings is 1. The van der Waals surface area contributed by atoms with Crippen molar-refractivity contribution in [2.45, 2.75) is 52.1 Å². The van der Waals surface area contributed by atoms with Crippen molar-refractivity contribution in [3.8, 4) is 16.3 Å². The number of rotatable bonds is 4. The number of fused-ring (bicyclic) bond motifs is 2. The Morgan fingerprint density at radius 3 is 2.56 bits per heavy atom. The number of aryl methyl sites for hydroxylation is 2. The van der Waals surface area contributed by atoms with Crippen LogP contribution in [0.4, 0.5) is 0 Å². The van der Waals surface area contributed by atoms with E-state index in [2.05, 4.69) is 19.1 Å². The Morgan fingerprint density at radius 1 is 1.09 bits per heavy atom. The number of benzene rings is 2. The quantitative estimate of drug-likeness (QED) is 0.446. The standard InChI is InChI=1S/C26H25NO3S.Na/c1-15-12-13-21(30-17-8-4-3-5-9-17)23-19(26(28)29)14-20(27-24(15)23)25-16(2)18-10-6-7-11-22(18)31-25;/h6-7,10-14,17H,3-5,8-9H2,1-2H3,(H,28,29);/q;+1/p-1. The van der Waals surface area contributed by atoms with Gasteiger partial charge in [-0.25, -0.2) is 4.98 Å². The van der Waals surface area contributed by atoms with Crippen LogP contribution < -0.4 is 39.4 Å². The average molecular weight is 454 g/mol. The molecule has 1 saturated carbocycles. The molecule has 1 aliphatic rings. The van der Waals surface area contributed by atoms with Crippen LogP contribution in [0.5, 0.6) is 5.75 Å². The smallest absolute Gasteiger partial charge is 0.545 e. The van der Waals surface area contributed by atoms with Gasteiger partial charge in [-0.05, 0) is 74.2 Å². The van der Waals surface area contributed by atoms with Gasteiger partial charge in [0.1, 0.15) is 5.75 Å². The molecule has 0 unspecified atom stereocenters. The number of carbonyl (C=O) groups excluding carboxylic acids is 1. The first-order chi connectivity index (χ1) is 15.0. The van der Waals surface area contributed by atoms with E-state index < -0.39 is 5.97 Å². The van der Waals surface area contributed by atoms with Gasteiger partial charge in [0.2, 0.25) is 0 Å². The van der Waals surface area contributed by atoms with Crippen LogP contribution in [0.2, 0.25) is 0 Å². The predicted octanol–water partition coefficient (Wildman–Crippen LogP) is 2.81. The molecule has 0 bridgehead atoms. The molecule has 0 N–H and O–H groups in total. The molecule has 1 fully saturated rings. The number of nitrogens with zero attached hydrogens (tertiary/aromatic N) is 1. The number of aromatic carboxylic acids is 1. The van der Waals surface area contributed by atoms with E-state index in [1.54, 1.807) is 17.4 Å². The second-order valence-corrected chi connectivity index (χ2v) is 9.43. The zero-order chi connectivity index (χ0) is 21.5. The molecule has 2 aromatic carbocycles. The van der Waals surface area contributed by atoms with Crippen molar-refractivity contribution in [2.24, 2.45) is 0 Å². The van der Waals surface area contributed by atoms with Gasteiger partial charge in [0.25, 0.3) is 0 Å². The zero-order valence-corrected chi connectivity index (χ0v) is 21.6. The van der Waals surface area contributed by atoms with Crippen LogP contribution in [-0.2, 0) is 0 Å². The first kappa shape index (κ1) is 23.2.